The van der Waals surface area contributed by atoms with Crippen LogP contribution in [0.25, 0.3) is 0 Å². The van der Waals surface area contributed by atoms with Gasteiger partial charge in [-0.25, -0.2) is 4.79 Å². The molecule has 1 fully saturated rings. The molecule has 0 aromatic rings. The van der Waals surface area contributed by atoms with E-state index in [4.69, 9.17) is 9.84 Å². The zero-order chi connectivity index (χ0) is 15.4. The average Bonchev–Trinajstić information content (AvgIpc) is 2.67. The van der Waals surface area contributed by atoms with Crippen molar-refractivity contribution in [3.05, 3.63) is 0 Å². The second-order valence-corrected chi connectivity index (χ2v) is 4.91. The number of carboxylic acids is 1. The number of halogens is 3. The molecular weight excluding hydrogens is 281 g/mol. The van der Waals surface area contributed by atoms with Gasteiger partial charge in [0.1, 0.15) is 5.41 Å². The van der Waals surface area contributed by atoms with Crippen molar-refractivity contribution in [1.29, 1.82) is 0 Å². The summed E-state index contributed by atoms with van der Waals surface area (Å²) >= 11 is 0. The quantitative estimate of drug-likeness (QED) is 0.664. The molecule has 1 saturated heterocycles. The highest BCUT2D eigenvalue weighted by Gasteiger charge is 2.47. The third-order valence-corrected chi connectivity index (χ3v) is 3.17. The maximum atomic E-state index is 11.9. The lowest BCUT2D eigenvalue weighted by molar-refractivity contribution is -0.148. The number of alkyl halides is 3. The van der Waals surface area contributed by atoms with Gasteiger partial charge in [0.05, 0.1) is 19.3 Å². The molecule has 0 spiro atoms. The van der Waals surface area contributed by atoms with Crippen LogP contribution in [0.5, 0.6) is 0 Å². The van der Waals surface area contributed by atoms with Gasteiger partial charge >= 0.3 is 18.2 Å². The SMILES string of the molecule is CC1(C(=O)O)COCC1NC(=O)NCCCC(F)(F)F. The van der Waals surface area contributed by atoms with Gasteiger partial charge in [0, 0.05) is 13.0 Å². The molecule has 2 amide bonds. The molecule has 0 aromatic carbocycles. The maximum Gasteiger partial charge on any atom is 0.389 e. The summed E-state index contributed by atoms with van der Waals surface area (Å²) < 4.78 is 40.7. The number of hydrogen-bond donors (Lipinski definition) is 3. The van der Waals surface area contributed by atoms with Crippen LogP contribution in [0.4, 0.5) is 18.0 Å². The molecule has 3 N–H and O–H groups in total. The van der Waals surface area contributed by atoms with E-state index >= 15 is 0 Å². The van der Waals surface area contributed by atoms with Crippen LogP contribution in [0.2, 0.25) is 0 Å². The average molecular weight is 298 g/mol. The third kappa shape index (κ3) is 4.55. The van der Waals surface area contributed by atoms with E-state index in [0.29, 0.717) is 0 Å². The fraction of sp³-hybridized carbons (Fsp3) is 0.818. The number of amides is 2. The van der Waals surface area contributed by atoms with Gasteiger partial charge in [-0.3, -0.25) is 4.79 Å². The molecule has 1 heterocycles. The van der Waals surface area contributed by atoms with Crippen molar-refractivity contribution in [2.24, 2.45) is 5.41 Å². The monoisotopic (exact) mass is 298 g/mol. The second kappa shape index (κ2) is 6.29. The number of nitrogens with one attached hydrogen (secondary N) is 2. The molecule has 116 valence electrons. The lowest BCUT2D eigenvalue weighted by Crippen LogP contribution is -2.52. The Morgan fingerprint density at radius 3 is 2.65 bits per heavy atom. The lowest BCUT2D eigenvalue weighted by Gasteiger charge is -2.25. The number of ether oxygens (including phenoxy) is 1. The number of aliphatic carboxylic acids is 1. The van der Waals surface area contributed by atoms with E-state index in [-0.39, 0.29) is 26.2 Å². The molecule has 0 bridgehead atoms. The van der Waals surface area contributed by atoms with Crippen LogP contribution in [0.3, 0.4) is 0 Å². The van der Waals surface area contributed by atoms with Crippen molar-refractivity contribution in [2.45, 2.75) is 32.0 Å². The van der Waals surface area contributed by atoms with Gasteiger partial charge < -0.3 is 20.5 Å². The predicted molar refractivity (Wildman–Crippen MR) is 62.2 cm³/mol. The number of carbonyl (C=O) groups excluding carboxylic acids is 1. The zero-order valence-electron chi connectivity index (χ0n) is 10.9. The molecule has 2 atom stereocenters. The smallest absolute Gasteiger partial charge is 0.389 e. The first-order valence-corrected chi connectivity index (χ1v) is 6.07. The first-order valence-electron chi connectivity index (χ1n) is 6.07. The van der Waals surface area contributed by atoms with E-state index in [2.05, 4.69) is 10.6 Å². The van der Waals surface area contributed by atoms with Crippen molar-refractivity contribution < 1.29 is 32.6 Å². The maximum absolute atomic E-state index is 11.9. The predicted octanol–water partition coefficient (Wildman–Crippen LogP) is 1.12. The minimum Gasteiger partial charge on any atom is -0.481 e. The molecule has 6 nitrogen and oxygen atoms in total. The van der Waals surface area contributed by atoms with Crippen molar-refractivity contribution in [2.75, 3.05) is 19.8 Å². The zero-order valence-corrected chi connectivity index (χ0v) is 10.9. The molecule has 1 rings (SSSR count). The summed E-state index contributed by atoms with van der Waals surface area (Å²) in [6.07, 6.45) is -5.46. The summed E-state index contributed by atoms with van der Waals surface area (Å²) in [6, 6.07) is -1.42. The topological polar surface area (TPSA) is 87.7 Å². The molecule has 0 aliphatic carbocycles. The fourth-order valence-electron chi connectivity index (χ4n) is 1.79. The van der Waals surface area contributed by atoms with Gasteiger partial charge in [0.2, 0.25) is 0 Å². The van der Waals surface area contributed by atoms with E-state index < -0.39 is 36.1 Å². The van der Waals surface area contributed by atoms with Gasteiger partial charge in [0.25, 0.3) is 0 Å². The van der Waals surface area contributed by atoms with Crippen LogP contribution in [-0.2, 0) is 9.53 Å². The number of rotatable bonds is 5. The van der Waals surface area contributed by atoms with Gasteiger partial charge in [0.15, 0.2) is 0 Å². The van der Waals surface area contributed by atoms with Crippen LogP contribution in [0.15, 0.2) is 0 Å². The Bertz CT molecular complexity index is 375. The molecule has 1 aliphatic heterocycles. The summed E-state index contributed by atoms with van der Waals surface area (Å²) in [4.78, 5) is 22.6. The lowest BCUT2D eigenvalue weighted by atomic mass is 9.85. The van der Waals surface area contributed by atoms with Gasteiger partial charge in [-0.15, -0.1) is 0 Å². The van der Waals surface area contributed by atoms with Gasteiger partial charge in [-0.1, -0.05) is 0 Å². The first kappa shape index (κ1) is 16.5. The van der Waals surface area contributed by atoms with E-state index in [9.17, 15) is 22.8 Å². The number of carbonyl (C=O) groups is 2. The second-order valence-electron chi connectivity index (χ2n) is 4.91. The van der Waals surface area contributed by atoms with Crippen LogP contribution < -0.4 is 10.6 Å². The van der Waals surface area contributed by atoms with E-state index in [0.717, 1.165) is 0 Å². The van der Waals surface area contributed by atoms with Crippen molar-refractivity contribution in [3.8, 4) is 0 Å². The first-order chi connectivity index (χ1) is 9.15. The van der Waals surface area contributed by atoms with Crippen molar-refractivity contribution >= 4 is 12.0 Å². The Balaban J connectivity index is 2.34. The summed E-state index contributed by atoms with van der Waals surface area (Å²) in [7, 11) is 0. The van der Waals surface area contributed by atoms with E-state index in [1.165, 1.54) is 6.92 Å². The Kier molecular flexibility index (Phi) is 5.21. The minimum atomic E-state index is -4.25. The van der Waals surface area contributed by atoms with E-state index in [1.54, 1.807) is 0 Å². The van der Waals surface area contributed by atoms with Crippen molar-refractivity contribution in [3.63, 3.8) is 0 Å². The Hall–Kier alpha value is -1.51. The van der Waals surface area contributed by atoms with E-state index in [1.807, 2.05) is 0 Å². The Morgan fingerprint density at radius 1 is 1.45 bits per heavy atom. The van der Waals surface area contributed by atoms with Gasteiger partial charge in [-0.2, -0.15) is 13.2 Å². The number of urea groups is 1. The standard InChI is InChI=1S/C11H17F3N2O4/c1-10(8(17)18)6-20-5-7(10)16-9(19)15-4-2-3-11(12,13)14/h7H,2-6H2,1H3,(H,17,18)(H2,15,16,19). The fourth-order valence-corrected chi connectivity index (χ4v) is 1.79. The molecule has 0 aromatic heterocycles. The summed E-state index contributed by atoms with van der Waals surface area (Å²) in [5.74, 6) is -1.10. The molecule has 20 heavy (non-hydrogen) atoms. The van der Waals surface area contributed by atoms with Crippen LogP contribution in [0, 0.1) is 5.41 Å². The molecular formula is C11H17F3N2O4. The summed E-state index contributed by atoms with van der Waals surface area (Å²) in [5, 5.41) is 13.8. The van der Waals surface area contributed by atoms with Crippen molar-refractivity contribution in [1.82, 2.24) is 10.6 Å². The summed E-state index contributed by atoms with van der Waals surface area (Å²) in [5.41, 5.74) is -1.23. The Labute approximate surface area is 113 Å². The number of carboxylic acid groups (broad SMARTS) is 1. The molecule has 0 radical (unpaired) electrons. The molecule has 9 heteroatoms. The number of hydrogen-bond acceptors (Lipinski definition) is 3. The molecule has 2 unspecified atom stereocenters. The highest BCUT2D eigenvalue weighted by Crippen LogP contribution is 2.28. The molecule has 1 aliphatic rings. The normalized spacial score (nSPS) is 26.3. The summed E-state index contributed by atoms with van der Waals surface area (Å²) in [6.45, 7) is 1.33. The third-order valence-electron chi connectivity index (χ3n) is 3.17. The van der Waals surface area contributed by atoms with Gasteiger partial charge in [-0.05, 0) is 13.3 Å². The Morgan fingerprint density at radius 2 is 2.10 bits per heavy atom. The van der Waals surface area contributed by atoms with Crippen LogP contribution in [0.1, 0.15) is 19.8 Å². The minimum absolute atomic E-state index is 0.0264. The molecule has 0 saturated carbocycles. The highest BCUT2D eigenvalue weighted by molar-refractivity contribution is 5.79. The van der Waals surface area contributed by atoms with Crippen LogP contribution >= 0.6 is 0 Å². The largest absolute Gasteiger partial charge is 0.481 e. The van der Waals surface area contributed by atoms with Crippen LogP contribution in [-0.4, -0.2) is 49.1 Å². The highest BCUT2D eigenvalue weighted by atomic mass is 19.4.